The Morgan fingerprint density at radius 3 is 3.24 bits per heavy atom. The minimum Gasteiger partial charge on any atom is -0.494 e. The van der Waals surface area contributed by atoms with Crippen LogP contribution in [0, 0.1) is 0 Å². The van der Waals surface area contributed by atoms with Gasteiger partial charge in [-0.05, 0) is 25.1 Å². The van der Waals surface area contributed by atoms with E-state index in [9.17, 15) is 0 Å². The molecule has 1 aromatic rings. The summed E-state index contributed by atoms with van der Waals surface area (Å²) in [7, 11) is 0. The Labute approximate surface area is 99.3 Å². The topological polar surface area (TPSA) is 43.2 Å². The summed E-state index contributed by atoms with van der Waals surface area (Å²) in [5.41, 5.74) is 1.95. The van der Waals surface area contributed by atoms with E-state index >= 15 is 0 Å². The van der Waals surface area contributed by atoms with Crippen molar-refractivity contribution in [3.63, 3.8) is 0 Å². The lowest BCUT2D eigenvalue weighted by Gasteiger charge is -2.19. The Kier molecular flexibility index (Phi) is 2.40. The molecule has 2 aliphatic heterocycles. The number of hydrogen-bond donors (Lipinski definition) is 0. The van der Waals surface area contributed by atoms with Crippen LogP contribution in [0.1, 0.15) is 12.5 Å². The van der Waals surface area contributed by atoms with Crippen LogP contribution >= 0.6 is 0 Å². The molecule has 3 rings (SSSR count). The third kappa shape index (κ3) is 1.82. The number of benzene rings is 1. The largest absolute Gasteiger partial charge is 0.494 e. The molecule has 0 amide bonds. The van der Waals surface area contributed by atoms with Crippen LogP contribution in [0.25, 0.3) is 6.08 Å². The highest BCUT2D eigenvalue weighted by atomic mass is 16.5. The van der Waals surface area contributed by atoms with Crippen molar-refractivity contribution in [2.24, 2.45) is 9.98 Å². The van der Waals surface area contributed by atoms with Gasteiger partial charge in [-0.25, -0.2) is 4.99 Å². The van der Waals surface area contributed by atoms with Gasteiger partial charge >= 0.3 is 0 Å². The predicted octanol–water partition coefficient (Wildman–Crippen LogP) is 2.30. The Morgan fingerprint density at radius 1 is 1.41 bits per heavy atom. The van der Waals surface area contributed by atoms with Crippen molar-refractivity contribution in [1.29, 1.82) is 0 Å². The normalized spacial score (nSPS) is 16.3. The summed E-state index contributed by atoms with van der Waals surface area (Å²) < 4.78 is 11.2. The molecular weight excluding hydrogens is 216 g/mol. The molecule has 0 aliphatic carbocycles. The van der Waals surface area contributed by atoms with Gasteiger partial charge in [0.1, 0.15) is 18.2 Å². The Morgan fingerprint density at radius 2 is 2.35 bits per heavy atom. The van der Waals surface area contributed by atoms with Crippen molar-refractivity contribution in [3.05, 3.63) is 29.3 Å². The summed E-state index contributed by atoms with van der Waals surface area (Å²) in [4.78, 5) is 8.31. The van der Waals surface area contributed by atoms with Crippen LogP contribution in [-0.2, 0) is 0 Å². The van der Waals surface area contributed by atoms with Gasteiger partial charge in [0.05, 0.1) is 12.2 Å². The maximum Gasteiger partial charge on any atom is 0.225 e. The molecule has 86 valence electrons. The van der Waals surface area contributed by atoms with Crippen molar-refractivity contribution in [3.8, 4) is 11.5 Å². The van der Waals surface area contributed by atoms with Gasteiger partial charge in [-0.2, -0.15) is 0 Å². The molecule has 4 heteroatoms. The molecule has 0 aromatic heterocycles. The van der Waals surface area contributed by atoms with Gasteiger partial charge in [-0.3, -0.25) is 4.99 Å². The molecule has 2 aliphatic rings. The Bertz CT molecular complexity index is 544. The fraction of sp³-hybridized carbons (Fsp3) is 0.231. The van der Waals surface area contributed by atoms with Crippen molar-refractivity contribution < 1.29 is 9.47 Å². The van der Waals surface area contributed by atoms with Crippen molar-refractivity contribution in [2.75, 3.05) is 13.3 Å². The molecule has 0 atom stereocenters. The first-order valence-electron chi connectivity index (χ1n) is 5.58. The van der Waals surface area contributed by atoms with Crippen LogP contribution in [-0.4, -0.2) is 25.4 Å². The number of fused-ring (bicyclic) bond motifs is 2. The van der Waals surface area contributed by atoms with Gasteiger partial charge in [-0.15, -0.1) is 0 Å². The van der Waals surface area contributed by atoms with E-state index in [1.807, 2.05) is 31.2 Å². The molecule has 0 fully saturated rings. The van der Waals surface area contributed by atoms with E-state index in [0.29, 0.717) is 19.2 Å². The molecule has 0 N–H and O–H groups in total. The van der Waals surface area contributed by atoms with E-state index in [1.165, 1.54) is 0 Å². The second kappa shape index (κ2) is 4.05. The van der Waals surface area contributed by atoms with Gasteiger partial charge in [0.15, 0.2) is 0 Å². The van der Waals surface area contributed by atoms with Gasteiger partial charge in [-0.1, -0.05) is 0 Å². The first-order valence-corrected chi connectivity index (χ1v) is 5.58. The summed E-state index contributed by atoms with van der Waals surface area (Å²) >= 11 is 0. The van der Waals surface area contributed by atoms with Crippen LogP contribution in [0.2, 0.25) is 0 Å². The lowest BCUT2D eigenvalue weighted by Crippen LogP contribution is -2.20. The van der Waals surface area contributed by atoms with Gasteiger partial charge in [0.25, 0.3) is 0 Å². The van der Waals surface area contributed by atoms with Crippen LogP contribution in [0.15, 0.2) is 33.8 Å². The first-order chi connectivity index (χ1) is 8.36. The molecule has 2 heterocycles. The van der Waals surface area contributed by atoms with Crippen LogP contribution in [0.3, 0.4) is 0 Å². The molecule has 0 saturated carbocycles. The van der Waals surface area contributed by atoms with E-state index in [0.717, 1.165) is 22.6 Å². The standard InChI is InChI=1S/C13H12N2O2/c1-2-16-11-4-3-9-5-10-7-14-8-15-13(10)17-12(9)6-11/h3-7H,2,8H2,1H3. The van der Waals surface area contributed by atoms with Gasteiger partial charge in [0, 0.05) is 17.8 Å². The molecule has 0 saturated heterocycles. The zero-order valence-electron chi connectivity index (χ0n) is 9.51. The lowest BCUT2D eigenvalue weighted by atomic mass is 10.1. The van der Waals surface area contributed by atoms with E-state index < -0.39 is 0 Å². The van der Waals surface area contributed by atoms with E-state index in [-0.39, 0.29) is 0 Å². The number of ether oxygens (including phenoxy) is 2. The van der Waals surface area contributed by atoms with E-state index in [1.54, 1.807) is 6.21 Å². The maximum absolute atomic E-state index is 5.73. The first kappa shape index (κ1) is 10.1. The number of hydrogen-bond acceptors (Lipinski definition) is 4. The highest BCUT2D eigenvalue weighted by Gasteiger charge is 2.19. The van der Waals surface area contributed by atoms with Crippen LogP contribution < -0.4 is 9.47 Å². The zero-order chi connectivity index (χ0) is 11.7. The molecule has 0 spiro atoms. The van der Waals surface area contributed by atoms with Gasteiger partial charge < -0.3 is 9.47 Å². The average Bonchev–Trinajstić information content (AvgIpc) is 2.36. The fourth-order valence-electron chi connectivity index (χ4n) is 1.83. The third-order valence-corrected chi connectivity index (χ3v) is 2.59. The quantitative estimate of drug-likeness (QED) is 0.779. The average molecular weight is 228 g/mol. The second-order valence-corrected chi connectivity index (χ2v) is 3.75. The lowest BCUT2D eigenvalue weighted by molar-refractivity contribution is 0.339. The number of nitrogens with zero attached hydrogens (tertiary/aromatic N) is 2. The SMILES string of the molecule is CCOc1ccc2c(c1)OC1=NCN=CC1=C2. The minimum atomic E-state index is 0.438. The summed E-state index contributed by atoms with van der Waals surface area (Å²) in [5.74, 6) is 2.24. The summed E-state index contributed by atoms with van der Waals surface area (Å²) in [5, 5.41) is 0. The van der Waals surface area contributed by atoms with Crippen molar-refractivity contribution in [2.45, 2.75) is 6.92 Å². The monoisotopic (exact) mass is 228 g/mol. The molecular formula is C13H12N2O2. The van der Waals surface area contributed by atoms with Crippen molar-refractivity contribution in [1.82, 2.24) is 0 Å². The molecule has 4 nitrogen and oxygen atoms in total. The van der Waals surface area contributed by atoms with Gasteiger partial charge in [0.2, 0.25) is 5.90 Å². The smallest absolute Gasteiger partial charge is 0.225 e. The zero-order valence-corrected chi connectivity index (χ0v) is 9.51. The maximum atomic E-state index is 5.73. The molecule has 1 aromatic carbocycles. The van der Waals surface area contributed by atoms with E-state index in [2.05, 4.69) is 9.98 Å². The summed E-state index contributed by atoms with van der Waals surface area (Å²) in [6.45, 7) is 3.04. The van der Waals surface area contributed by atoms with Crippen LogP contribution in [0.4, 0.5) is 0 Å². The highest BCUT2D eigenvalue weighted by molar-refractivity contribution is 6.19. The Hall–Kier alpha value is -2.10. The predicted molar refractivity (Wildman–Crippen MR) is 67.0 cm³/mol. The third-order valence-electron chi connectivity index (χ3n) is 2.59. The Balaban J connectivity index is 2.01. The molecule has 0 radical (unpaired) electrons. The fourth-order valence-corrected chi connectivity index (χ4v) is 1.83. The summed E-state index contributed by atoms with van der Waals surface area (Å²) in [6.07, 6.45) is 3.82. The summed E-state index contributed by atoms with van der Waals surface area (Å²) in [6, 6.07) is 5.80. The molecule has 17 heavy (non-hydrogen) atoms. The van der Waals surface area contributed by atoms with E-state index in [4.69, 9.17) is 9.47 Å². The van der Waals surface area contributed by atoms with Crippen LogP contribution in [0.5, 0.6) is 11.5 Å². The van der Waals surface area contributed by atoms with Crippen molar-refractivity contribution >= 4 is 18.2 Å². The molecule has 0 bridgehead atoms. The second-order valence-electron chi connectivity index (χ2n) is 3.75. The number of aliphatic imine (C=N–C) groups is 2. The number of rotatable bonds is 2. The highest BCUT2D eigenvalue weighted by Crippen LogP contribution is 2.31. The minimum absolute atomic E-state index is 0.438. The molecule has 0 unspecified atom stereocenters.